The van der Waals surface area contributed by atoms with Gasteiger partial charge < -0.3 is 20.1 Å². The molecule has 2 aromatic rings. The van der Waals surface area contributed by atoms with Gasteiger partial charge in [0.15, 0.2) is 11.5 Å². The number of fused-ring (bicyclic) bond motifs is 1. The van der Waals surface area contributed by atoms with Gasteiger partial charge in [-0.15, -0.1) is 11.3 Å². The SMILES string of the molecule is CC(C)C(N)CCN(C)C(=O)c1ccc(-c2ccc3c(c2)OCCO3)s1. The van der Waals surface area contributed by atoms with Crippen molar-refractivity contribution in [3.8, 4) is 21.9 Å². The Morgan fingerprint density at radius 1 is 1.19 bits per heavy atom. The second-order valence-corrected chi connectivity index (χ2v) is 8.03. The summed E-state index contributed by atoms with van der Waals surface area (Å²) in [5.74, 6) is 1.99. The number of hydrogen-bond donors (Lipinski definition) is 1. The fraction of sp³-hybridized carbons (Fsp3) is 0.450. The van der Waals surface area contributed by atoms with E-state index in [-0.39, 0.29) is 11.9 Å². The first-order chi connectivity index (χ1) is 12.5. The van der Waals surface area contributed by atoms with Crippen LogP contribution in [0.1, 0.15) is 29.9 Å². The highest BCUT2D eigenvalue weighted by Gasteiger charge is 2.18. The average Bonchev–Trinajstić information content (AvgIpc) is 3.14. The molecule has 0 spiro atoms. The van der Waals surface area contributed by atoms with Crippen LogP contribution in [0.5, 0.6) is 11.5 Å². The first-order valence-corrected chi connectivity index (χ1v) is 9.78. The third-order valence-corrected chi connectivity index (χ3v) is 5.77. The van der Waals surface area contributed by atoms with Crippen molar-refractivity contribution in [3.05, 3.63) is 35.2 Å². The lowest BCUT2D eigenvalue weighted by Gasteiger charge is -2.21. The van der Waals surface area contributed by atoms with E-state index in [1.165, 1.54) is 11.3 Å². The molecule has 0 fully saturated rings. The number of amides is 1. The number of nitrogens with zero attached hydrogens (tertiary/aromatic N) is 1. The second-order valence-electron chi connectivity index (χ2n) is 6.95. The average molecular weight is 375 g/mol. The van der Waals surface area contributed by atoms with Crippen molar-refractivity contribution in [2.24, 2.45) is 11.7 Å². The van der Waals surface area contributed by atoms with Crippen LogP contribution in [-0.4, -0.2) is 43.7 Å². The molecule has 26 heavy (non-hydrogen) atoms. The Balaban J connectivity index is 1.68. The molecule has 1 unspecified atom stereocenters. The van der Waals surface area contributed by atoms with E-state index in [0.29, 0.717) is 25.7 Å². The lowest BCUT2D eigenvalue weighted by Crippen LogP contribution is -2.34. The van der Waals surface area contributed by atoms with Crippen molar-refractivity contribution in [2.45, 2.75) is 26.3 Å². The molecule has 6 heteroatoms. The normalized spacial score (nSPS) is 14.3. The van der Waals surface area contributed by atoms with Crippen molar-refractivity contribution in [2.75, 3.05) is 26.8 Å². The number of thiophene rings is 1. The lowest BCUT2D eigenvalue weighted by atomic mass is 10.0. The number of nitrogens with two attached hydrogens (primary N) is 1. The molecular formula is C20H26N2O3S. The molecule has 1 aromatic carbocycles. The summed E-state index contributed by atoms with van der Waals surface area (Å²) in [7, 11) is 1.83. The van der Waals surface area contributed by atoms with E-state index in [2.05, 4.69) is 13.8 Å². The van der Waals surface area contributed by atoms with Gasteiger partial charge in [-0.2, -0.15) is 0 Å². The number of rotatable bonds is 6. The molecule has 140 valence electrons. The van der Waals surface area contributed by atoms with Crippen LogP contribution in [0, 0.1) is 5.92 Å². The Morgan fingerprint density at radius 2 is 1.92 bits per heavy atom. The van der Waals surface area contributed by atoms with Crippen LogP contribution in [0.15, 0.2) is 30.3 Å². The van der Waals surface area contributed by atoms with Gasteiger partial charge in [0, 0.05) is 24.5 Å². The second kappa shape index (κ2) is 8.10. The fourth-order valence-corrected chi connectivity index (χ4v) is 3.77. The molecule has 1 aromatic heterocycles. The summed E-state index contributed by atoms with van der Waals surface area (Å²) in [6, 6.07) is 9.88. The maximum absolute atomic E-state index is 12.7. The molecular weight excluding hydrogens is 348 g/mol. The Kier molecular flexibility index (Phi) is 5.84. The minimum atomic E-state index is 0.0368. The molecule has 0 saturated heterocycles. The quantitative estimate of drug-likeness (QED) is 0.838. The number of ether oxygens (including phenoxy) is 2. The third kappa shape index (κ3) is 4.19. The van der Waals surface area contributed by atoms with Gasteiger partial charge in [-0.25, -0.2) is 0 Å². The molecule has 3 rings (SSSR count). The first-order valence-electron chi connectivity index (χ1n) is 8.96. The zero-order valence-electron chi connectivity index (χ0n) is 15.5. The highest BCUT2D eigenvalue weighted by molar-refractivity contribution is 7.17. The van der Waals surface area contributed by atoms with Crippen molar-refractivity contribution in [3.63, 3.8) is 0 Å². The van der Waals surface area contributed by atoms with Gasteiger partial charge in [-0.1, -0.05) is 13.8 Å². The Bertz CT molecular complexity index is 772. The van der Waals surface area contributed by atoms with Gasteiger partial charge in [0.1, 0.15) is 13.2 Å². The van der Waals surface area contributed by atoms with Crippen molar-refractivity contribution < 1.29 is 14.3 Å². The molecule has 1 aliphatic heterocycles. The molecule has 0 aliphatic carbocycles. The van der Waals surface area contributed by atoms with Gasteiger partial charge in [0.05, 0.1) is 4.88 Å². The van der Waals surface area contributed by atoms with E-state index in [9.17, 15) is 4.79 Å². The molecule has 2 N–H and O–H groups in total. The fourth-order valence-electron chi connectivity index (χ4n) is 2.77. The largest absolute Gasteiger partial charge is 0.486 e. The Labute approximate surface area is 158 Å². The summed E-state index contributed by atoms with van der Waals surface area (Å²) in [4.78, 5) is 16.2. The van der Waals surface area contributed by atoms with Crippen LogP contribution in [0.4, 0.5) is 0 Å². The van der Waals surface area contributed by atoms with Gasteiger partial charge in [-0.05, 0) is 48.2 Å². The van der Waals surface area contributed by atoms with Crippen LogP contribution in [0.2, 0.25) is 0 Å². The predicted molar refractivity (Wildman–Crippen MR) is 105 cm³/mol. The molecule has 0 radical (unpaired) electrons. The molecule has 5 nitrogen and oxygen atoms in total. The van der Waals surface area contributed by atoms with E-state index in [0.717, 1.165) is 33.2 Å². The van der Waals surface area contributed by atoms with Gasteiger partial charge >= 0.3 is 0 Å². The number of carbonyl (C=O) groups is 1. The molecule has 0 saturated carbocycles. The number of carbonyl (C=O) groups excluding carboxylic acids is 1. The summed E-state index contributed by atoms with van der Waals surface area (Å²) in [6.07, 6.45) is 0.806. The van der Waals surface area contributed by atoms with E-state index >= 15 is 0 Å². The minimum Gasteiger partial charge on any atom is -0.486 e. The highest BCUT2D eigenvalue weighted by Crippen LogP contribution is 2.37. The maximum Gasteiger partial charge on any atom is 0.263 e. The van der Waals surface area contributed by atoms with Crippen molar-refractivity contribution >= 4 is 17.2 Å². The molecule has 1 aliphatic rings. The van der Waals surface area contributed by atoms with Crippen LogP contribution in [-0.2, 0) is 0 Å². The van der Waals surface area contributed by atoms with Crippen LogP contribution >= 0.6 is 11.3 Å². The highest BCUT2D eigenvalue weighted by atomic mass is 32.1. The summed E-state index contributed by atoms with van der Waals surface area (Å²) in [5.41, 5.74) is 7.11. The smallest absolute Gasteiger partial charge is 0.263 e. The first kappa shape index (κ1) is 18.7. The van der Waals surface area contributed by atoms with E-state index < -0.39 is 0 Å². The topological polar surface area (TPSA) is 64.8 Å². The standard InChI is InChI=1S/C20H26N2O3S/c1-13(2)15(21)8-9-22(3)20(23)19-7-6-18(26-19)14-4-5-16-17(12-14)25-11-10-24-16/h4-7,12-13,15H,8-11,21H2,1-3H3. The minimum absolute atomic E-state index is 0.0368. The molecule has 1 atom stereocenters. The Hall–Kier alpha value is -2.05. The predicted octanol–water partition coefficient (Wildman–Crippen LogP) is 3.63. The lowest BCUT2D eigenvalue weighted by molar-refractivity contribution is 0.0794. The van der Waals surface area contributed by atoms with Gasteiger partial charge in [0.2, 0.25) is 0 Å². The van der Waals surface area contributed by atoms with E-state index in [1.54, 1.807) is 4.90 Å². The number of hydrogen-bond acceptors (Lipinski definition) is 5. The van der Waals surface area contributed by atoms with Crippen molar-refractivity contribution in [1.29, 1.82) is 0 Å². The van der Waals surface area contributed by atoms with Crippen LogP contribution in [0.3, 0.4) is 0 Å². The summed E-state index contributed by atoms with van der Waals surface area (Å²) in [6.45, 7) is 6.01. The number of benzene rings is 1. The van der Waals surface area contributed by atoms with Crippen LogP contribution in [0.25, 0.3) is 10.4 Å². The molecule has 2 heterocycles. The molecule has 1 amide bonds. The summed E-state index contributed by atoms with van der Waals surface area (Å²) in [5, 5.41) is 0. The van der Waals surface area contributed by atoms with Crippen molar-refractivity contribution in [1.82, 2.24) is 4.90 Å². The monoisotopic (exact) mass is 374 g/mol. The third-order valence-electron chi connectivity index (χ3n) is 4.64. The van der Waals surface area contributed by atoms with Gasteiger partial charge in [-0.3, -0.25) is 4.79 Å². The molecule has 0 bridgehead atoms. The zero-order valence-corrected chi connectivity index (χ0v) is 16.3. The zero-order chi connectivity index (χ0) is 18.7. The van der Waals surface area contributed by atoms with E-state index in [4.69, 9.17) is 15.2 Å². The van der Waals surface area contributed by atoms with E-state index in [1.807, 2.05) is 37.4 Å². The van der Waals surface area contributed by atoms with Crippen LogP contribution < -0.4 is 15.2 Å². The maximum atomic E-state index is 12.7. The Morgan fingerprint density at radius 3 is 2.65 bits per heavy atom. The summed E-state index contributed by atoms with van der Waals surface area (Å²) >= 11 is 1.49. The summed E-state index contributed by atoms with van der Waals surface area (Å²) < 4.78 is 11.2. The van der Waals surface area contributed by atoms with Gasteiger partial charge in [0.25, 0.3) is 5.91 Å².